The minimum Gasteiger partial charge on any atom is -0.378 e. The van der Waals surface area contributed by atoms with E-state index in [2.05, 4.69) is 4.40 Å². The summed E-state index contributed by atoms with van der Waals surface area (Å²) in [6.45, 7) is 4.47. The highest BCUT2D eigenvalue weighted by molar-refractivity contribution is 7.90. The monoisotopic (exact) mass is 268 g/mol. The Morgan fingerprint density at radius 3 is 2.44 bits per heavy atom. The molecule has 0 saturated carbocycles. The van der Waals surface area contributed by atoms with Crippen LogP contribution in [0.3, 0.4) is 0 Å². The Kier molecular flexibility index (Phi) is 3.98. The number of hydrogen-bond donors (Lipinski definition) is 0. The van der Waals surface area contributed by atoms with Crippen LogP contribution in [0.15, 0.2) is 33.6 Å². The summed E-state index contributed by atoms with van der Waals surface area (Å²) in [6, 6.07) is 6.66. The van der Waals surface area contributed by atoms with Crippen molar-refractivity contribution < 1.29 is 13.2 Å². The smallest absolute Gasteiger partial charge is 0.283 e. The molecule has 6 heteroatoms. The number of benzene rings is 1. The fourth-order valence-corrected chi connectivity index (χ4v) is 2.45. The van der Waals surface area contributed by atoms with E-state index in [9.17, 15) is 8.42 Å². The number of sulfonamides is 1. The van der Waals surface area contributed by atoms with Crippen LogP contribution in [0.25, 0.3) is 0 Å². The predicted octanol–water partition coefficient (Wildman–Crippen LogP) is 1.04. The molecule has 1 heterocycles. The van der Waals surface area contributed by atoms with Crippen molar-refractivity contribution in [2.75, 3.05) is 26.3 Å². The van der Waals surface area contributed by atoms with Crippen molar-refractivity contribution in [3.8, 4) is 0 Å². The average Bonchev–Trinajstić information content (AvgIpc) is 2.38. The zero-order chi connectivity index (χ0) is 13.0. The van der Waals surface area contributed by atoms with Gasteiger partial charge >= 0.3 is 0 Å². The molecule has 18 heavy (non-hydrogen) atoms. The van der Waals surface area contributed by atoms with Crippen LogP contribution in [-0.2, 0) is 14.8 Å². The van der Waals surface area contributed by atoms with E-state index >= 15 is 0 Å². The van der Waals surface area contributed by atoms with Crippen molar-refractivity contribution in [1.82, 2.24) is 4.90 Å². The zero-order valence-electron chi connectivity index (χ0n) is 10.2. The molecule has 0 radical (unpaired) electrons. The summed E-state index contributed by atoms with van der Waals surface area (Å²) in [5.41, 5.74) is 1.02. The Labute approximate surface area is 107 Å². The summed E-state index contributed by atoms with van der Waals surface area (Å²) >= 11 is 0. The third-order valence-electron chi connectivity index (χ3n) is 2.71. The number of aryl methyl sites for hydroxylation is 1. The lowest BCUT2D eigenvalue weighted by Crippen LogP contribution is -2.35. The van der Waals surface area contributed by atoms with Gasteiger partial charge in [0.15, 0.2) is 0 Å². The van der Waals surface area contributed by atoms with Gasteiger partial charge in [-0.3, -0.25) is 0 Å². The van der Waals surface area contributed by atoms with Crippen LogP contribution >= 0.6 is 0 Å². The van der Waals surface area contributed by atoms with E-state index in [0.29, 0.717) is 26.3 Å². The molecule has 1 aromatic rings. The molecule has 0 amide bonds. The second kappa shape index (κ2) is 5.49. The maximum atomic E-state index is 11.9. The molecule has 1 saturated heterocycles. The molecular weight excluding hydrogens is 252 g/mol. The summed E-state index contributed by atoms with van der Waals surface area (Å²) in [6.07, 6.45) is 1.39. The summed E-state index contributed by atoms with van der Waals surface area (Å²) in [7, 11) is -3.59. The fraction of sp³-hybridized carbons (Fsp3) is 0.417. The largest absolute Gasteiger partial charge is 0.378 e. The van der Waals surface area contributed by atoms with Crippen LogP contribution in [0.5, 0.6) is 0 Å². The lowest BCUT2D eigenvalue weighted by Gasteiger charge is -2.23. The van der Waals surface area contributed by atoms with Gasteiger partial charge in [-0.2, -0.15) is 8.42 Å². The molecule has 0 atom stereocenters. The summed E-state index contributed by atoms with van der Waals surface area (Å²) < 4.78 is 32.7. The first-order valence-corrected chi connectivity index (χ1v) is 7.21. The molecule has 0 aliphatic carbocycles. The number of hydrogen-bond acceptors (Lipinski definition) is 3. The van der Waals surface area contributed by atoms with Crippen LogP contribution in [0.4, 0.5) is 0 Å². The molecular formula is C12H16N2O3S. The molecule has 1 aliphatic heterocycles. The second-order valence-corrected chi connectivity index (χ2v) is 5.79. The molecule has 5 nitrogen and oxygen atoms in total. The van der Waals surface area contributed by atoms with Gasteiger partial charge in [-0.05, 0) is 19.1 Å². The highest BCUT2D eigenvalue weighted by Crippen LogP contribution is 2.12. The summed E-state index contributed by atoms with van der Waals surface area (Å²) in [4.78, 5) is 2.06. The van der Waals surface area contributed by atoms with Gasteiger partial charge in [0.1, 0.15) is 6.34 Å². The van der Waals surface area contributed by atoms with Gasteiger partial charge in [-0.25, -0.2) is 0 Å². The number of rotatable bonds is 3. The van der Waals surface area contributed by atoms with Gasteiger partial charge in [0.25, 0.3) is 10.0 Å². The predicted molar refractivity (Wildman–Crippen MR) is 69.2 cm³/mol. The molecule has 0 bridgehead atoms. The fourth-order valence-electron chi connectivity index (χ4n) is 1.59. The third kappa shape index (κ3) is 3.30. The Morgan fingerprint density at radius 1 is 1.22 bits per heavy atom. The van der Waals surface area contributed by atoms with Crippen molar-refractivity contribution in [3.63, 3.8) is 0 Å². The average molecular weight is 268 g/mol. The van der Waals surface area contributed by atoms with Gasteiger partial charge in [0, 0.05) is 13.1 Å². The van der Waals surface area contributed by atoms with Crippen molar-refractivity contribution in [1.29, 1.82) is 0 Å². The Hall–Kier alpha value is -1.40. The highest BCUT2D eigenvalue weighted by atomic mass is 32.2. The van der Waals surface area contributed by atoms with E-state index in [0.717, 1.165) is 5.56 Å². The first-order chi connectivity index (χ1) is 8.58. The van der Waals surface area contributed by atoms with Crippen molar-refractivity contribution in [2.24, 2.45) is 4.40 Å². The van der Waals surface area contributed by atoms with E-state index in [4.69, 9.17) is 4.74 Å². The number of ether oxygens (including phenoxy) is 1. The zero-order valence-corrected chi connectivity index (χ0v) is 11.1. The Balaban J connectivity index is 2.11. The van der Waals surface area contributed by atoms with Gasteiger partial charge in [-0.15, -0.1) is 4.40 Å². The van der Waals surface area contributed by atoms with E-state index in [1.165, 1.54) is 6.34 Å². The lowest BCUT2D eigenvalue weighted by atomic mass is 10.2. The van der Waals surface area contributed by atoms with Gasteiger partial charge in [0.05, 0.1) is 18.1 Å². The number of nitrogens with zero attached hydrogens (tertiary/aromatic N) is 2. The molecule has 1 aliphatic rings. The minimum atomic E-state index is -3.59. The molecule has 1 aromatic carbocycles. The van der Waals surface area contributed by atoms with Crippen LogP contribution < -0.4 is 0 Å². The Bertz CT molecular complexity index is 517. The van der Waals surface area contributed by atoms with E-state index in [-0.39, 0.29) is 4.90 Å². The first kappa shape index (κ1) is 13.0. The maximum Gasteiger partial charge on any atom is 0.283 e. The standard InChI is InChI=1S/C12H16N2O3S/c1-11-2-4-12(5-3-11)18(15,16)13-10-14-6-8-17-9-7-14/h2-5,10H,6-9H2,1H3. The van der Waals surface area contributed by atoms with E-state index in [1.54, 1.807) is 24.3 Å². The van der Waals surface area contributed by atoms with Crippen molar-refractivity contribution in [3.05, 3.63) is 29.8 Å². The van der Waals surface area contributed by atoms with Crippen molar-refractivity contribution >= 4 is 16.4 Å². The third-order valence-corrected chi connectivity index (χ3v) is 3.95. The highest BCUT2D eigenvalue weighted by Gasteiger charge is 2.13. The Morgan fingerprint density at radius 2 is 1.83 bits per heavy atom. The van der Waals surface area contributed by atoms with Crippen LogP contribution in [-0.4, -0.2) is 46.0 Å². The molecule has 98 valence electrons. The summed E-state index contributed by atoms with van der Waals surface area (Å²) in [5.74, 6) is 0. The number of morpholine rings is 1. The van der Waals surface area contributed by atoms with Crippen molar-refractivity contribution in [2.45, 2.75) is 11.8 Å². The lowest BCUT2D eigenvalue weighted by molar-refractivity contribution is 0.0701. The molecule has 0 unspecified atom stereocenters. The normalized spacial score (nSPS) is 17.3. The molecule has 1 fully saturated rings. The topological polar surface area (TPSA) is 59.0 Å². The molecule has 2 rings (SSSR count). The summed E-state index contributed by atoms with van der Waals surface area (Å²) in [5, 5.41) is 0. The van der Waals surface area contributed by atoms with Crippen LogP contribution in [0.2, 0.25) is 0 Å². The minimum absolute atomic E-state index is 0.220. The van der Waals surface area contributed by atoms with Gasteiger partial charge < -0.3 is 9.64 Å². The molecule has 0 N–H and O–H groups in total. The van der Waals surface area contributed by atoms with Crippen LogP contribution in [0, 0.1) is 6.92 Å². The van der Waals surface area contributed by atoms with E-state index < -0.39 is 10.0 Å². The SMILES string of the molecule is Cc1ccc(S(=O)(=O)N=CN2CCOCC2)cc1. The van der Waals surface area contributed by atoms with Gasteiger partial charge in [0.2, 0.25) is 0 Å². The molecule has 0 aromatic heterocycles. The first-order valence-electron chi connectivity index (χ1n) is 5.77. The van der Waals surface area contributed by atoms with Crippen LogP contribution in [0.1, 0.15) is 5.56 Å². The van der Waals surface area contributed by atoms with E-state index in [1.807, 2.05) is 11.8 Å². The molecule has 0 spiro atoms. The maximum absolute atomic E-state index is 11.9. The second-order valence-electron chi connectivity index (χ2n) is 4.16. The van der Waals surface area contributed by atoms with Gasteiger partial charge in [-0.1, -0.05) is 17.7 Å². The quantitative estimate of drug-likeness (QED) is 0.607.